The van der Waals surface area contributed by atoms with Gasteiger partial charge in [0.25, 0.3) is 0 Å². The molecule has 0 atom stereocenters. The molecule has 1 fully saturated rings. The molecular formula is C22H20F3N5O3S. The van der Waals surface area contributed by atoms with E-state index in [-0.39, 0.29) is 28.0 Å². The standard InChI is InChI=1S/C22H20F3N5O3S/c23-22(24,25)21-27-16-4-2-1-3-15(16)20(28-21)34-13-17(32)14-5-6-18(26-11-14)29-7-9-30(10-8-29)19(33)12-31/h1-6,11,31H,7-10,12-13H2. The molecule has 0 spiro atoms. The zero-order valence-electron chi connectivity index (χ0n) is 17.8. The molecule has 0 radical (unpaired) electrons. The van der Waals surface area contributed by atoms with Gasteiger partial charge in [0.2, 0.25) is 11.7 Å². The second-order valence-corrected chi connectivity index (χ2v) is 8.47. The number of nitrogens with zero attached hydrogens (tertiary/aromatic N) is 5. The van der Waals surface area contributed by atoms with Crippen LogP contribution in [0.2, 0.25) is 0 Å². The van der Waals surface area contributed by atoms with Crippen molar-refractivity contribution in [3.05, 3.63) is 54.0 Å². The second-order valence-electron chi connectivity index (χ2n) is 7.51. The van der Waals surface area contributed by atoms with Gasteiger partial charge in [-0.15, -0.1) is 0 Å². The lowest BCUT2D eigenvalue weighted by molar-refractivity contribution is -0.145. The van der Waals surface area contributed by atoms with Crippen molar-refractivity contribution in [2.45, 2.75) is 11.2 Å². The molecular weight excluding hydrogens is 471 g/mol. The van der Waals surface area contributed by atoms with Gasteiger partial charge in [0.05, 0.1) is 11.3 Å². The number of aromatic nitrogens is 3. The van der Waals surface area contributed by atoms with Crippen molar-refractivity contribution < 1.29 is 27.9 Å². The zero-order chi connectivity index (χ0) is 24.3. The van der Waals surface area contributed by atoms with Crippen LogP contribution in [0.15, 0.2) is 47.6 Å². The van der Waals surface area contributed by atoms with Crippen molar-refractivity contribution in [2.75, 3.05) is 43.4 Å². The normalized spacial score (nSPS) is 14.5. The first-order chi connectivity index (χ1) is 16.3. The predicted octanol–water partition coefficient (Wildman–Crippen LogP) is 2.66. The molecule has 4 rings (SSSR count). The lowest BCUT2D eigenvalue weighted by atomic mass is 10.2. The van der Waals surface area contributed by atoms with Gasteiger partial charge in [-0.3, -0.25) is 9.59 Å². The van der Waals surface area contributed by atoms with Crippen molar-refractivity contribution >= 4 is 40.2 Å². The van der Waals surface area contributed by atoms with E-state index in [0.29, 0.717) is 42.9 Å². The van der Waals surface area contributed by atoms with Crippen molar-refractivity contribution in [1.29, 1.82) is 0 Å². The fourth-order valence-electron chi connectivity index (χ4n) is 3.52. The van der Waals surface area contributed by atoms with E-state index in [0.717, 1.165) is 11.8 Å². The lowest BCUT2D eigenvalue weighted by Crippen LogP contribution is -2.49. The Hall–Kier alpha value is -3.25. The molecule has 34 heavy (non-hydrogen) atoms. The minimum absolute atomic E-state index is 0.0890. The average Bonchev–Trinajstić information content (AvgIpc) is 2.86. The summed E-state index contributed by atoms with van der Waals surface area (Å²) in [5.41, 5.74) is 0.492. The Morgan fingerprint density at radius 3 is 2.41 bits per heavy atom. The Balaban J connectivity index is 1.42. The van der Waals surface area contributed by atoms with E-state index in [1.54, 1.807) is 35.2 Å². The molecule has 0 aliphatic carbocycles. The number of halogens is 3. The van der Waals surface area contributed by atoms with Crippen LogP contribution in [0, 0.1) is 0 Å². The molecule has 1 amide bonds. The molecule has 8 nitrogen and oxygen atoms in total. The van der Waals surface area contributed by atoms with Gasteiger partial charge in [-0.1, -0.05) is 30.0 Å². The van der Waals surface area contributed by atoms with Crippen LogP contribution < -0.4 is 4.90 Å². The summed E-state index contributed by atoms with van der Waals surface area (Å²) in [6, 6.07) is 9.67. The molecule has 3 heterocycles. The highest BCUT2D eigenvalue weighted by Crippen LogP contribution is 2.32. The number of pyridine rings is 1. The Labute approximate surface area is 196 Å². The third kappa shape index (κ3) is 5.28. The van der Waals surface area contributed by atoms with Crippen LogP contribution >= 0.6 is 11.8 Å². The number of ketones is 1. The molecule has 1 aliphatic heterocycles. The number of benzene rings is 1. The van der Waals surface area contributed by atoms with Gasteiger partial charge < -0.3 is 14.9 Å². The quantitative estimate of drug-likeness (QED) is 0.319. The van der Waals surface area contributed by atoms with Crippen LogP contribution in [0.1, 0.15) is 16.2 Å². The van der Waals surface area contributed by atoms with Gasteiger partial charge in [0.15, 0.2) is 5.78 Å². The Bertz CT molecular complexity index is 1200. The number of aliphatic hydroxyl groups excluding tert-OH is 1. The number of amides is 1. The topological polar surface area (TPSA) is 99.5 Å². The molecule has 0 saturated carbocycles. The van der Waals surface area contributed by atoms with E-state index < -0.39 is 18.6 Å². The van der Waals surface area contributed by atoms with Crippen LogP contribution in [0.25, 0.3) is 10.9 Å². The fraction of sp³-hybridized carbons (Fsp3) is 0.318. The first kappa shape index (κ1) is 23.9. The van der Waals surface area contributed by atoms with Crippen LogP contribution in [0.4, 0.5) is 19.0 Å². The van der Waals surface area contributed by atoms with Gasteiger partial charge in [0.1, 0.15) is 17.5 Å². The average molecular weight is 491 g/mol. The number of hydrogen-bond acceptors (Lipinski definition) is 8. The van der Waals surface area contributed by atoms with Crippen molar-refractivity contribution in [3.63, 3.8) is 0 Å². The molecule has 0 unspecified atom stereocenters. The number of aliphatic hydroxyl groups is 1. The molecule has 12 heteroatoms. The minimum Gasteiger partial charge on any atom is -0.387 e. The molecule has 1 aromatic carbocycles. The number of carbonyl (C=O) groups is 2. The third-order valence-electron chi connectivity index (χ3n) is 5.32. The number of carbonyl (C=O) groups excluding carboxylic acids is 2. The summed E-state index contributed by atoms with van der Waals surface area (Å²) in [5.74, 6) is -1.31. The fourth-order valence-corrected chi connectivity index (χ4v) is 4.44. The van der Waals surface area contributed by atoms with E-state index in [4.69, 9.17) is 5.11 Å². The summed E-state index contributed by atoms with van der Waals surface area (Å²) in [4.78, 5) is 39.3. The zero-order valence-corrected chi connectivity index (χ0v) is 18.6. The first-order valence-electron chi connectivity index (χ1n) is 10.4. The van der Waals surface area contributed by atoms with Gasteiger partial charge in [-0.2, -0.15) is 13.2 Å². The molecule has 178 valence electrons. The highest BCUT2D eigenvalue weighted by Gasteiger charge is 2.35. The minimum atomic E-state index is -4.69. The number of para-hydroxylation sites is 1. The van der Waals surface area contributed by atoms with Gasteiger partial charge in [-0.05, 0) is 18.2 Å². The molecule has 1 N–H and O–H groups in total. The summed E-state index contributed by atoms with van der Waals surface area (Å²) in [6.07, 6.45) is -3.26. The number of anilines is 1. The van der Waals surface area contributed by atoms with Gasteiger partial charge >= 0.3 is 6.18 Å². The number of thioether (sulfide) groups is 1. The summed E-state index contributed by atoms with van der Waals surface area (Å²) in [6.45, 7) is 1.50. The number of rotatable bonds is 6. The van der Waals surface area contributed by atoms with Crippen molar-refractivity contribution in [1.82, 2.24) is 19.9 Å². The smallest absolute Gasteiger partial charge is 0.387 e. The molecule has 3 aromatic rings. The number of alkyl halides is 3. The first-order valence-corrected chi connectivity index (χ1v) is 11.3. The largest absolute Gasteiger partial charge is 0.451 e. The molecule has 1 saturated heterocycles. The van der Waals surface area contributed by atoms with E-state index >= 15 is 0 Å². The van der Waals surface area contributed by atoms with E-state index in [2.05, 4.69) is 15.0 Å². The Kier molecular flexibility index (Phi) is 6.98. The maximum Gasteiger partial charge on any atom is 0.451 e. The summed E-state index contributed by atoms with van der Waals surface area (Å²) < 4.78 is 39.6. The summed E-state index contributed by atoms with van der Waals surface area (Å²) in [7, 11) is 0. The third-order valence-corrected chi connectivity index (χ3v) is 6.31. The van der Waals surface area contributed by atoms with Crippen LogP contribution in [-0.2, 0) is 11.0 Å². The lowest BCUT2D eigenvalue weighted by Gasteiger charge is -2.35. The summed E-state index contributed by atoms with van der Waals surface area (Å²) in [5, 5.41) is 9.50. The van der Waals surface area contributed by atoms with Crippen molar-refractivity contribution in [3.8, 4) is 0 Å². The highest BCUT2D eigenvalue weighted by molar-refractivity contribution is 8.00. The van der Waals surface area contributed by atoms with Gasteiger partial charge in [-0.25, -0.2) is 15.0 Å². The molecule has 1 aliphatic rings. The maximum atomic E-state index is 13.2. The maximum absolute atomic E-state index is 13.2. The van der Waals surface area contributed by atoms with E-state index in [1.165, 1.54) is 12.3 Å². The number of hydrogen-bond donors (Lipinski definition) is 1. The monoisotopic (exact) mass is 491 g/mol. The predicted molar refractivity (Wildman–Crippen MR) is 120 cm³/mol. The number of fused-ring (bicyclic) bond motifs is 1. The van der Waals surface area contributed by atoms with Crippen LogP contribution in [0.5, 0.6) is 0 Å². The number of Topliss-reactive ketones (excluding diaryl/α,β-unsaturated/α-hetero) is 1. The Morgan fingerprint density at radius 1 is 1.03 bits per heavy atom. The van der Waals surface area contributed by atoms with Crippen LogP contribution in [-0.4, -0.2) is 75.2 Å². The molecule has 2 aromatic heterocycles. The Morgan fingerprint density at radius 2 is 1.76 bits per heavy atom. The molecule has 0 bridgehead atoms. The van der Waals surface area contributed by atoms with Crippen molar-refractivity contribution in [2.24, 2.45) is 0 Å². The van der Waals surface area contributed by atoms with Gasteiger partial charge in [0, 0.05) is 43.3 Å². The number of piperazine rings is 1. The summed E-state index contributed by atoms with van der Waals surface area (Å²) >= 11 is 0.924. The van der Waals surface area contributed by atoms with E-state index in [9.17, 15) is 22.8 Å². The SMILES string of the molecule is O=C(CSc1nc(C(F)(F)F)nc2ccccc12)c1ccc(N2CCN(C(=O)CO)CC2)nc1. The van der Waals surface area contributed by atoms with Crippen LogP contribution in [0.3, 0.4) is 0 Å². The van der Waals surface area contributed by atoms with E-state index in [1.807, 2.05) is 4.90 Å². The second kappa shape index (κ2) is 9.94. The highest BCUT2D eigenvalue weighted by atomic mass is 32.2.